The number of rotatable bonds is 7. The van der Waals surface area contributed by atoms with E-state index in [1.165, 1.54) is 18.5 Å². The maximum atomic E-state index is 12.3. The number of para-hydroxylation sites is 2. The second kappa shape index (κ2) is 12.1. The molecule has 1 aromatic carbocycles. The van der Waals surface area contributed by atoms with Gasteiger partial charge < -0.3 is 20.2 Å². The van der Waals surface area contributed by atoms with Crippen molar-refractivity contribution in [3.63, 3.8) is 0 Å². The molecule has 0 unspecified atom stereocenters. The number of aromatic nitrogens is 1. The number of nitrogens with zero attached hydrogens (tertiary/aromatic N) is 4. The molecule has 1 aromatic heterocycles. The summed E-state index contributed by atoms with van der Waals surface area (Å²) in [5.41, 5.74) is 0.837. The smallest absolute Gasteiger partial charge is 0.242 e. The van der Waals surface area contributed by atoms with E-state index in [4.69, 9.17) is 0 Å². The Kier molecular flexibility index (Phi) is 9.78. The summed E-state index contributed by atoms with van der Waals surface area (Å²) in [6.07, 6.45) is 2.85. The zero-order chi connectivity index (χ0) is 21.4. The molecule has 0 aliphatic carbocycles. The Balaban J connectivity index is 0.00000341. The van der Waals surface area contributed by atoms with Crippen LogP contribution in [0, 0.1) is 0 Å². The van der Waals surface area contributed by atoms with Crippen LogP contribution in [-0.2, 0) is 10.0 Å². The normalized spacial score (nSPS) is 14.8. The number of aliphatic imine (C=N–C) groups is 1. The minimum Gasteiger partial charge on any atom is -0.506 e. The average Bonchev–Trinajstić information content (AvgIpc) is 2.77. The predicted molar refractivity (Wildman–Crippen MR) is 133 cm³/mol. The molecule has 0 atom stereocenters. The lowest BCUT2D eigenvalue weighted by Crippen LogP contribution is -2.52. The number of benzene rings is 1. The van der Waals surface area contributed by atoms with Crippen LogP contribution in [0.1, 0.15) is 6.92 Å². The Bertz CT molecular complexity index is 950. The summed E-state index contributed by atoms with van der Waals surface area (Å²) in [7, 11) is -3.58. The minimum atomic E-state index is -3.58. The summed E-state index contributed by atoms with van der Waals surface area (Å²) >= 11 is 0. The van der Waals surface area contributed by atoms with Crippen molar-refractivity contribution in [2.24, 2.45) is 4.99 Å². The highest BCUT2D eigenvalue weighted by Crippen LogP contribution is 2.27. The summed E-state index contributed by atoms with van der Waals surface area (Å²) in [5.74, 6) is 1.04. The summed E-state index contributed by atoms with van der Waals surface area (Å²) in [4.78, 5) is 12.9. The highest BCUT2D eigenvalue weighted by Gasteiger charge is 2.21. The SMILES string of the molecule is CCNC(=NCCNS(=O)(=O)c1cccnc1)N1CCN(c2ccccc2O)CC1.I. The molecule has 1 aliphatic heterocycles. The molecule has 1 aliphatic rings. The zero-order valence-electron chi connectivity index (χ0n) is 17.4. The fourth-order valence-corrected chi connectivity index (χ4v) is 4.23. The number of hydrogen-bond acceptors (Lipinski definition) is 6. The van der Waals surface area contributed by atoms with Crippen molar-refractivity contribution < 1.29 is 13.5 Å². The quantitative estimate of drug-likeness (QED) is 0.204. The number of piperazine rings is 1. The van der Waals surface area contributed by atoms with Crippen molar-refractivity contribution in [1.29, 1.82) is 0 Å². The van der Waals surface area contributed by atoms with Gasteiger partial charge in [0, 0.05) is 51.7 Å². The topological polar surface area (TPSA) is 110 Å². The van der Waals surface area contributed by atoms with Gasteiger partial charge in [-0.3, -0.25) is 9.98 Å². The summed E-state index contributed by atoms with van der Waals surface area (Å²) in [6.45, 7) is 6.26. The number of guanidine groups is 1. The number of pyridine rings is 1. The zero-order valence-corrected chi connectivity index (χ0v) is 20.6. The minimum absolute atomic E-state index is 0. The first-order valence-corrected chi connectivity index (χ1v) is 11.5. The highest BCUT2D eigenvalue weighted by molar-refractivity contribution is 14.0. The largest absolute Gasteiger partial charge is 0.506 e. The first-order valence-electron chi connectivity index (χ1n) is 9.97. The Morgan fingerprint density at radius 1 is 1.16 bits per heavy atom. The summed E-state index contributed by atoms with van der Waals surface area (Å²) in [6, 6.07) is 10.4. The Morgan fingerprint density at radius 2 is 1.90 bits per heavy atom. The van der Waals surface area contributed by atoms with Crippen LogP contribution >= 0.6 is 24.0 Å². The maximum Gasteiger partial charge on any atom is 0.242 e. The van der Waals surface area contributed by atoms with Crippen molar-refractivity contribution in [2.45, 2.75) is 11.8 Å². The molecule has 2 aromatic rings. The van der Waals surface area contributed by atoms with Gasteiger partial charge in [-0.2, -0.15) is 0 Å². The number of hydrogen-bond donors (Lipinski definition) is 3. The second-order valence-electron chi connectivity index (χ2n) is 6.78. The number of nitrogens with one attached hydrogen (secondary N) is 2. The van der Waals surface area contributed by atoms with Gasteiger partial charge in [-0.1, -0.05) is 12.1 Å². The van der Waals surface area contributed by atoms with E-state index in [0.29, 0.717) is 6.54 Å². The van der Waals surface area contributed by atoms with Gasteiger partial charge in [0.25, 0.3) is 0 Å². The van der Waals surface area contributed by atoms with Crippen molar-refractivity contribution in [3.05, 3.63) is 48.8 Å². The van der Waals surface area contributed by atoms with E-state index in [2.05, 4.69) is 29.8 Å². The molecule has 0 saturated carbocycles. The molecular formula is C20H29IN6O3S. The fraction of sp³-hybridized carbons (Fsp3) is 0.400. The molecule has 31 heavy (non-hydrogen) atoms. The van der Waals surface area contributed by atoms with Crippen LogP contribution in [-0.4, -0.2) is 75.2 Å². The van der Waals surface area contributed by atoms with Gasteiger partial charge in [0.05, 0.1) is 12.2 Å². The lowest BCUT2D eigenvalue weighted by atomic mass is 10.2. The van der Waals surface area contributed by atoms with Gasteiger partial charge in [0.2, 0.25) is 10.0 Å². The van der Waals surface area contributed by atoms with Gasteiger partial charge in [-0.15, -0.1) is 24.0 Å². The van der Waals surface area contributed by atoms with Crippen LogP contribution in [0.2, 0.25) is 0 Å². The van der Waals surface area contributed by atoms with Gasteiger partial charge in [-0.25, -0.2) is 13.1 Å². The molecule has 11 heteroatoms. The Hall–Kier alpha value is -2.12. The van der Waals surface area contributed by atoms with Gasteiger partial charge in [0.1, 0.15) is 10.6 Å². The van der Waals surface area contributed by atoms with Crippen LogP contribution in [0.3, 0.4) is 0 Å². The first-order chi connectivity index (χ1) is 14.5. The van der Waals surface area contributed by atoms with E-state index < -0.39 is 10.0 Å². The average molecular weight is 560 g/mol. The molecule has 0 bridgehead atoms. The number of aromatic hydroxyl groups is 1. The number of phenolic OH excluding ortho intramolecular Hbond substituents is 1. The third kappa shape index (κ3) is 6.94. The van der Waals surface area contributed by atoms with Crippen LogP contribution in [0.4, 0.5) is 5.69 Å². The summed E-state index contributed by atoms with van der Waals surface area (Å²) < 4.78 is 27.1. The molecular weight excluding hydrogens is 531 g/mol. The third-order valence-corrected chi connectivity index (χ3v) is 6.19. The van der Waals surface area contributed by atoms with Gasteiger partial charge >= 0.3 is 0 Å². The molecule has 0 radical (unpaired) electrons. The molecule has 170 valence electrons. The standard InChI is InChI=1S/C20H28N6O3S.HI/c1-2-22-20(23-10-11-24-30(28,29)17-6-5-9-21-16-17)26-14-12-25(13-15-26)18-7-3-4-8-19(18)27;/h3-9,16,24,27H,2,10-15H2,1H3,(H,22,23);1H. The van der Waals surface area contributed by atoms with E-state index >= 15 is 0 Å². The predicted octanol–water partition coefficient (Wildman–Crippen LogP) is 1.47. The molecule has 9 nitrogen and oxygen atoms in total. The molecule has 0 amide bonds. The summed E-state index contributed by atoms with van der Waals surface area (Å²) in [5, 5.41) is 13.3. The van der Waals surface area contributed by atoms with Crippen LogP contribution in [0.25, 0.3) is 0 Å². The van der Waals surface area contributed by atoms with Crippen LogP contribution < -0.4 is 14.9 Å². The molecule has 1 fully saturated rings. The third-order valence-electron chi connectivity index (χ3n) is 4.75. The number of sulfonamides is 1. The first kappa shape index (κ1) is 25.1. The lowest BCUT2D eigenvalue weighted by molar-refractivity contribution is 0.370. The fourth-order valence-electron chi connectivity index (χ4n) is 3.25. The Labute approximate surface area is 200 Å². The number of halogens is 1. The molecule has 3 rings (SSSR count). The van der Waals surface area contributed by atoms with E-state index in [-0.39, 0.29) is 41.2 Å². The van der Waals surface area contributed by atoms with E-state index in [9.17, 15) is 13.5 Å². The van der Waals surface area contributed by atoms with E-state index in [1.807, 2.05) is 25.1 Å². The monoisotopic (exact) mass is 560 g/mol. The van der Waals surface area contributed by atoms with Crippen LogP contribution in [0.5, 0.6) is 5.75 Å². The van der Waals surface area contributed by atoms with E-state index in [0.717, 1.165) is 44.4 Å². The van der Waals surface area contributed by atoms with Crippen molar-refractivity contribution in [3.8, 4) is 5.75 Å². The molecule has 1 saturated heterocycles. The van der Waals surface area contributed by atoms with Gasteiger partial charge in [-0.05, 0) is 31.2 Å². The molecule has 2 heterocycles. The maximum absolute atomic E-state index is 12.3. The van der Waals surface area contributed by atoms with Crippen molar-refractivity contribution >= 4 is 45.6 Å². The Morgan fingerprint density at radius 3 is 2.55 bits per heavy atom. The molecule has 3 N–H and O–H groups in total. The van der Waals surface area contributed by atoms with Crippen molar-refractivity contribution in [2.75, 3.05) is 50.7 Å². The van der Waals surface area contributed by atoms with Gasteiger partial charge in [0.15, 0.2) is 5.96 Å². The number of anilines is 1. The second-order valence-corrected chi connectivity index (χ2v) is 8.55. The number of phenols is 1. The van der Waals surface area contributed by atoms with E-state index in [1.54, 1.807) is 12.1 Å². The van der Waals surface area contributed by atoms with Crippen LogP contribution in [0.15, 0.2) is 58.7 Å². The lowest BCUT2D eigenvalue weighted by Gasteiger charge is -2.37. The molecule has 0 spiro atoms. The highest BCUT2D eigenvalue weighted by atomic mass is 127. The van der Waals surface area contributed by atoms with Crippen molar-refractivity contribution in [1.82, 2.24) is 19.9 Å².